The van der Waals surface area contributed by atoms with Gasteiger partial charge in [0.2, 0.25) is 5.91 Å². The Morgan fingerprint density at radius 2 is 1.87 bits per heavy atom. The van der Waals surface area contributed by atoms with E-state index in [1.807, 2.05) is 43.5 Å². The van der Waals surface area contributed by atoms with Crippen LogP contribution < -0.4 is 10.2 Å². The lowest BCUT2D eigenvalue weighted by Crippen LogP contribution is -2.45. The van der Waals surface area contributed by atoms with Crippen LogP contribution in [0.3, 0.4) is 0 Å². The average molecular weight is 530 g/mol. The van der Waals surface area contributed by atoms with Crippen molar-refractivity contribution < 1.29 is 9.90 Å². The van der Waals surface area contributed by atoms with E-state index >= 15 is 0 Å². The Labute approximate surface area is 227 Å². The van der Waals surface area contributed by atoms with Crippen LogP contribution in [0.2, 0.25) is 0 Å². The van der Waals surface area contributed by atoms with Gasteiger partial charge in [0.25, 0.3) is 0 Å². The summed E-state index contributed by atoms with van der Waals surface area (Å²) in [6, 6.07) is 16.3. The first-order valence-electron chi connectivity index (χ1n) is 13.5. The van der Waals surface area contributed by atoms with Crippen molar-refractivity contribution in [1.82, 2.24) is 15.1 Å². The summed E-state index contributed by atoms with van der Waals surface area (Å²) in [7, 11) is 0. The fourth-order valence-electron chi connectivity index (χ4n) is 5.75. The topological polar surface area (TPSA) is 84.5 Å². The van der Waals surface area contributed by atoms with Gasteiger partial charge in [-0.1, -0.05) is 12.1 Å². The van der Waals surface area contributed by atoms with E-state index in [4.69, 9.17) is 0 Å². The summed E-state index contributed by atoms with van der Waals surface area (Å²) in [6.45, 7) is 7.64. The zero-order chi connectivity index (χ0) is 26.3. The molecule has 2 saturated heterocycles. The fraction of sp³-hybridized carbons (Fsp3) is 0.400. The normalized spacial score (nSPS) is 17.9. The number of aromatic amines is 1. The second-order valence-corrected chi connectivity index (χ2v) is 11.9. The number of amides is 1. The lowest BCUT2D eigenvalue weighted by atomic mass is 9.83. The molecule has 0 aliphatic carbocycles. The fourth-order valence-corrected chi connectivity index (χ4v) is 6.43. The van der Waals surface area contributed by atoms with Gasteiger partial charge in [-0.2, -0.15) is 16.4 Å². The average Bonchev–Trinajstić information content (AvgIpc) is 3.56. The third kappa shape index (κ3) is 4.96. The minimum absolute atomic E-state index is 0.00482. The van der Waals surface area contributed by atoms with Crippen LogP contribution in [-0.2, 0) is 4.79 Å². The molecule has 4 aromatic rings. The first-order chi connectivity index (χ1) is 18.4. The maximum absolute atomic E-state index is 13.3. The van der Waals surface area contributed by atoms with Gasteiger partial charge in [0.05, 0.1) is 16.8 Å². The van der Waals surface area contributed by atoms with Crippen LogP contribution >= 0.6 is 11.3 Å². The highest BCUT2D eigenvalue weighted by atomic mass is 32.1. The molecule has 3 N–H and O–H groups in total. The highest BCUT2D eigenvalue weighted by molar-refractivity contribution is 7.08. The molecular weight excluding hydrogens is 494 g/mol. The van der Waals surface area contributed by atoms with E-state index in [1.165, 1.54) is 5.69 Å². The summed E-state index contributed by atoms with van der Waals surface area (Å²) in [4.78, 5) is 18.0. The SMILES string of the molecule is CC(C)(O)C1CCN(c2ccc(-c3n[nH]c4ccc(NC(=O)C(c5ccsc5)N5CCC5)cc34)cc2)CC1. The van der Waals surface area contributed by atoms with E-state index in [1.54, 1.807) is 11.3 Å². The minimum atomic E-state index is -0.616. The zero-order valence-electron chi connectivity index (χ0n) is 22.0. The molecule has 2 aliphatic rings. The summed E-state index contributed by atoms with van der Waals surface area (Å²) in [5, 5.41) is 26.3. The molecule has 1 atom stereocenters. The van der Waals surface area contributed by atoms with Gasteiger partial charge in [0.15, 0.2) is 0 Å². The summed E-state index contributed by atoms with van der Waals surface area (Å²) in [5.41, 5.74) is 5.26. The summed E-state index contributed by atoms with van der Waals surface area (Å²) >= 11 is 1.62. The monoisotopic (exact) mass is 529 g/mol. The number of aromatic nitrogens is 2. The van der Waals surface area contributed by atoms with Crippen LogP contribution in [-0.4, -0.2) is 57.9 Å². The molecular formula is C30H35N5O2S. The first-order valence-corrected chi connectivity index (χ1v) is 14.4. The number of likely N-dealkylation sites (tertiary alicyclic amines) is 1. The molecule has 0 radical (unpaired) electrons. The Balaban J connectivity index is 1.19. The number of hydrogen-bond donors (Lipinski definition) is 3. The van der Waals surface area contributed by atoms with Gasteiger partial charge in [-0.3, -0.25) is 14.8 Å². The third-order valence-corrected chi connectivity index (χ3v) is 8.89. The molecule has 1 amide bonds. The first kappa shape index (κ1) is 25.1. The molecule has 1 unspecified atom stereocenters. The molecule has 7 nitrogen and oxygen atoms in total. The molecule has 6 rings (SSSR count). The van der Waals surface area contributed by atoms with Crippen molar-refractivity contribution in [2.45, 2.75) is 44.8 Å². The van der Waals surface area contributed by atoms with Crippen molar-refractivity contribution in [3.8, 4) is 11.3 Å². The highest BCUT2D eigenvalue weighted by Crippen LogP contribution is 2.34. The van der Waals surface area contributed by atoms with Gasteiger partial charge in [0.1, 0.15) is 6.04 Å². The maximum Gasteiger partial charge on any atom is 0.246 e. The van der Waals surface area contributed by atoms with E-state index < -0.39 is 5.60 Å². The second kappa shape index (κ2) is 10.2. The molecule has 2 fully saturated rings. The Hall–Kier alpha value is -3.20. The molecule has 2 aromatic heterocycles. The minimum Gasteiger partial charge on any atom is -0.390 e. The van der Waals surface area contributed by atoms with Crippen molar-refractivity contribution in [3.63, 3.8) is 0 Å². The van der Waals surface area contributed by atoms with E-state index in [2.05, 4.69) is 55.0 Å². The van der Waals surface area contributed by atoms with Gasteiger partial charge in [0, 0.05) is 48.5 Å². The third-order valence-electron chi connectivity index (χ3n) is 8.19. The van der Waals surface area contributed by atoms with Gasteiger partial charge >= 0.3 is 0 Å². The van der Waals surface area contributed by atoms with E-state index in [9.17, 15) is 9.90 Å². The molecule has 198 valence electrons. The molecule has 2 aliphatic heterocycles. The zero-order valence-corrected chi connectivity index (χ0v) is 22.8. The largest absolute Gasteiger partial charge is 0.390 e. The van der Waals surface area contributed by atoms with Crippen molar-refractivity contribution in [1.29, 1.82) is 0 Å². The molecule has 2 aromatic carbocycles. The number of carbonyl (C=O) groups excluding carboxylic acids is 1. The van der Waals surface area contributed by atoms with Gasteiger partial charge in [-0.05, 0) is 91.7 Å². The lowest BCUT2D eigenvalue weighted by molar-refractivity contribution is -0.123. The van der Waals surface area contributed by atoms with E-state index in [0.29, 0.717) is 5.92 Å². The maximum atomic E-state index is 13.3. The number of benzene rings is 2. The molecule has 38 heavy (non-hydrogen) atoms. The van der Waals surface area contributed by atoms with E-state index in [0.717, 1.165) is 78.9 Å². The van der Waals surface area contributed by atoms with Crippen LogP contribution in [0.15, 0.2) is 59.3 Å². The number of hydrogen-bond acceptors (Lipinski definition) is 6. The van der Waals surface area contributed by atoms with Crippen molar-refractivity contribution in [3.05, 3.63) is 64.9 Å². The number of anilines is 2. The number of aliphatic hydroxyl groups is 1. The molecule has 8 heteroatoms. The van der Waals surface area contributed by atoms with E-state index in [-0.39, 0.29) is 11.9 Å². The molecule has 0 spiro atoms. The van der Waals surface area contributed by atoms with Gasteiger partial charge in [-0.25, -0.2) is 0 Å². The van der Waals surface area contributed by atoms with Crippen LogP contribution in [0.5, 0.6) is 0 Å². The smallest absolute Gasteiger partial charge is 0.246 e. The lowest BCUT2D eigenvalue weighted by Gasteiger charge is -2.38. The van der Waals surface area contributed by atoms with Crippen LogP contribution in [0.4, 0.5) is 11.4 Å². The number of nitrogens with one attached hydrogen (secondary N) is 2. The number of piperidine rings is 1. The number of thiophene rings is 1. The van der Waals surface area contributed by atoms with Crippen molar-refractivity contribution in [2.24, 2.45) is 5.92 Å². The quantitative estimate of drug-likeness (QED) is 0.288. The highest BCUT2D eigenvalue weighted by Gasteiger charge is 2.32. The van der Waals surface area contributed by atoms with Crippen molar-refractivity contribution in [2.75, 3.05) is 36.4 Å². The Morgan fingerprint density at radius 1 is 1.11 bits per heavy atom. The number of fused-ring (bicyclic) bond motifs is 1. The Morgan fingerprint density at radius 3 is 2.50 bits per heavy atom. The predicted molar refractivity (Wildman–Crippen MR) is 155 cm³/mol. The summed E-state index contributed by atoms with van der Waals surface area (Å²) in [5.74, 6) is 0.347. The summed E-state index contributed by atoms with van der Waals surface area (Å²) < 4.78 is 0. The standard InChI is InChI=1S/C30H35N5O2S/c1-30(2,37)22-10-15-34(16-11-22)24-7-4-20(5-8-24)27-25-18-23(6-9-26(25)32-33-27)31-29(36)28(35-13-3-14-35)21-12-17-38-19-21/h4-9,12,17-19,22,28,37H,3,10-11,13-16H2,1-2H3,(H,31,36)(H,32,33). The number of nitrogens with zero attached hydrogens (tertiary/aromatic N) is 3. The summed E-state index contributed by atoms with van der Waals surface area (Å²) in [6.07, 6.45) is 3.12. The predicted octanol–water partition coefficient (Wildman–Crippen LogP) is 5.66. The second-order valence-electron chi connectivity index (χ2n) is 11.1. The molecule has 0 bridgehead atoms. The molecule has 4 heterocycles. The van der Waals surface area contributed by atoms with Gasteiger partial charge < -0.3 is 15.3 Å². The van der Waals surface area contributed by atoms with Gasteiger partial charge in [-0.15, -0.1) is 0 Å². The number of H-pyrrole nitrogens is 1. The molecule has 0 saturated carbocycles. The van der Waals surface area contributed by atoms with Crippen molar-refractivity contribution >= 4 is 39.5 Å². The van der Waals surface area contributed by atoms with Crippen LogP contribution in [0, 0.1) is 5.92 Å². The number of rotatable bonds is 7. The Kier molecular flexibility index (Phi) is 6.72. The number of carbonyl (C=O) groups is 1. The van der Waals surface area contributed by atoms with Crippen LogP contribution in [0.25, 0.3) is 22.2 Å². The Bertz CT molecular complexity index is 1390. The van der Waals surface area contributed by atoms with Crippen LogP contribution in [0.1, 0.15) is 44.7 Å².